The number of fused-ring (bicyclic) bond motifs is 1. The van der Waals surface area contributed by atoms with Crippen LogP contribution in [0.25, 0.3) is 0 Å². The normalized spacial score (nSPS) is 22.4. The fourth-order valence-corrected chi connectivity index (χ4v) is 2.92. The Morgan fingerprint density at radius 1 is 1.33 bits per heavy atom. The molecule has 0 spiro atoms. The standard InChI is InChI=1S/C15H22N2O/c1-2-6-15-13(4-1)7-9-17(15)10-8-16-12-14-5-3-11-18-14/h1-2,4,6,14,16H,3,5,7-12H2. The quantitative estimate of drug-likeness (QED) is 0.802. The molecule has 1 aromatic carbocycles. The van der Waals surface area contributed by atoms with E-state index in [9.17, 15) is 0 Å². The lowest BCUT2D eigenvalue weighted by Gasteiger charge is -2.20. The zero-order valence-electron chi connectivity index (χ0n) is 10.9. The number of hydrogen-bond donors (Lipinski definition) is 1. The molecule has 18 heavy (non-hydrogen) atoms. The van der Waals surface area contributed by atoms with E-state index in [2.05, 4.69) is 34.5 Å². The van der Waals surface area contributed by atoms with E-state index >= 15 is 0 Å². The van der Waals surface area contributed by atoms with Crippen molar-refractivity contribution in [1.82, 2.24) is 5.32 Å². The Balaban J connectivity index is 1.41. The Labute approximate surface area is 109 Å². The van der Waals surface area contributed by atoms with Gasteiger partial charge in [-0.1, -0.05) is 18.2 Å². The SMILES string of the molecule is c1ccc2c(c1)CCN2CCNCC1CCCO1. The molecule has 1 fully saturated rings. The Morgan fingerprint density at radius 3 is 3.17 bits per heavy atom. The minimum Gasteiger partial charge on any atom is -0.377 e. The van der Waals surface area contributed by atoms with E-state index in [1.54, 1.807) is 0 Å². The zero-order chi connectivity index (χ0) is 12.2. The predicted molar refractivity (Wildman–Crippen MR) is 74.2 cm³/mol. The summed E-state index contributed by atoms with van der Waals surface area (Å²) >= 11 is 0. The molecular formula is C15H22N2O. The summed E-state index contributed by atoms with van der Waals surface area (Å²) in [6, 6.07) is 8.76. The maximum atomic E-state index is 5.61. The minimum atomic E-state index is 0.455. The van der Waals surface area contributed by atoms with Gasteiger partial charge in [0.25, 0.3) is 0 Å². The largest absolute Gasteiger partial charge is 0.377 e. The van der Waals surface area contributed by atoms with Crippen molar-refractivity contribution < 1.29 is 4.74 Å². The van der Waals surface area contributed by atoms with Crippen LogP contribution in [0.4, 0.5) is 5.69 Å². The maximum absolute atomic E-state index is 5.61. The molecule has 3 nitrogen and oxygen atoms in total. The Morgan fingerprint density at radius 2 is 2.28 bits per heavy atom. The molecule has 1 saturated heterocycles. The van der Waals surface area contributed by atoms with Crippen molar-refractivity contribution in [3.8, 4) is 0 Å². The molecule has 2 heterocycles. The number of rotatable bonds is 5. The summed E-state index contributed by atoms with van der Waals surface area (Å²) < 4.78 is 5.61. The summed E-state index contributed by atoms with van der Waals surface area (Å²) in [5, 5.41) is 3.52. The average molecular weight is 246 g/mol. The van der Waals surface area contributed by atoms with Crippen LogP contribution in [0.2, 0.25) is 0 Å². The second-order valence-electron chi connectivity index (χ2n) is 5.20. The number of nitrogens with one attached hydrogen (secondary N) is 1. The highest BCUT2D eigenvalue weighted by Gasteiger charge is 2.18. The van der Waals surface area contributed by atoms with E-state index in [0.29, 0.717) is 6.10 Å². The van der Waals surface area contributed by atoms with Gasteiger partial charge in [-0.2, -0.15) is 0 Å². The molecule has 3 heteroatoms. The molecule has 2 aliphatic rings. The van der Waals surface area contributed by atoms with Gasteiger partial charge in [0.1, 0.15) is 0 Å². The third-order valence-electron chi connectivity index (χ3n) is 3.94. The van der Waals surface area contributed by atoms with Crippen molar-refractivity contribution in [2.24, 2.45) is 0 Å². The fourth-order valence-electron chi connectivity index (χ4n) is 2.92. The van der Waals surface area contributed by atoms with Gasteiger partial charge in [-0.3, -0.25) is 0 Å². The summed E-state index contributed by atoms with van der Waals surface area (Å²) in [6.07, 6.45) is 4.10. The molecule has 1 atom stereocenters. The van der Waals surface area contributed by atoms with E-state index in [1.807, 2.05) is 0 Å². The number of hydrogen-bond acceptors (Lipinski definition) is 3. The van der Waals surface area contributed by atoms with Crippen molar-refractivity contribution in [3.63, 3.8) is 0 Å². The second kappa shape index (κ2) is 5.72. The highest BCUT2D eigenvalue weighted by molar-refractivity contribution is 5.57. The topological polar surface area (TPSA) is 24.5 Å². The van der Waals surface area contributed by atoms with Crippen molar-refractivity contribution in [3.05, 3.63) is 29.8 Å². The monoisotopic (exact) mass is 246 g/mol. The molecule has 0 aromatic heterocycles. The number of ether oxygens (including phenoxy) is 1. The average Bonchev–Trinajstić information content (AvgIpc) is 3.04. The molecule has 1 unspecified atom stereocenters. The summed E-state index contributed by atoms with van der Waals surface area (Å²) in [4.78, 5) is 2.48. The Kier molecular flexibility index (Phi) is 3.81. The van der Waals surface area contributed by atoms with Crippen molar-refractivity contribution in [2.45, 2.75) is 25.4 Å². The molecule has 3 rings (SSSR count). The third-order valence-corrected chi connectivity index (χ3v) is 3.94. The number of benzene rings is 1. The van der Waals surface area contributed by atoms with Crippen LogP contribution < -0.4 is 10.2 Å². The molecule has 0 aliphatic carbocycles. The minimum absolute atomic E-state index is 0.455. The number of para-hydroxylation sites is 1. The van der Waals surface area contributed by atoms with Gasteiger partial charge in [0, 0.05) is 38.5 Å². The smallest absolute Gasteiger partial charge is 0.0700 e. The van der Waals surface area contributed by atoms with Gasteiger partial charge in [-0.25, -0.2) is 0 Å². The molecule has 98 valence electrons. The van der Waals surface area contributed by atoms with Crippen LogP contribution in [-0.2, 0) is 11.2 Å². The summed E-state index contributed by atoms with van der Waals surface area (Å²) in [6.45, 7) is 5.28. The molecule has 0 bridgehead atoms. The lowest BCUT2D eigenvalue weighted by molar-refractivity contribution is 0.110. The lowest BCUT2D eigenvalue weighted by atomic mass is 10.2. The molecular weight excluding hydrogens is 224 g/mol. The van der Waals surface area contributed by atoms with Crippen molar-refractivity contribution in [2.75, 3.05) is 37.7 Å². The van der Waals surface area contributed by atoms with Gasteiger partial charge in [0.2, 0.25) is 0 Å². The highest BCUT2D eigenvalue weighted by Crippen LogP contribution is 2.26. The van der Waals surface area contributed by atoms with Crippen LogP contribution in [0.15, 0.2) is 24.3 Å². The molecule has 0 radical (unpaired) electrons. The summed E-state index contributed by atoms with van der Waals surface area (Å²) in [5.41, 5.74) is 2.92. The van der Waals surface area contributed by atoms with Crippen molar-refractivity contribution >= 4 is 5.69 Å². The van der Waals surface area contributed by atoms with Crippen LogP contribution in [0.3, 0.4) is 0 Å². The summed E-state index contributed by atoms with van der Waals surface area (Å²) in [5.74, 6) is 0. The zero-order valence-corrected chi connectivity index (χ0v) is 10.9. The maximum Gasteiger partial charge on any atom is 0.0700 e. The first-order chi connectivity index (χ1) is 8.93. The highest BCUT2D eigenvalue weighted by atomic mass is 16.5. The van der Waals surface area contributed by atoms with Crippen molar-refractivity contribution in [1.29, 1.82) is 0 Å². The molecule has 0 amide bonds. The molecule has 0 saturated carbocycles. The molecule has 1 aromatic rings. The van der Waals surface area contributed by atoms with Gasteiger partial charge in [-0.15, -0.1) is 0 Å². The van der Waals surface area contributed by atoms with E-state index in [1.165, 1.54) is 37.1 Å². The van der Waals surface area contributed by atoms with E-state index in [-0.39, 0.29) is 0 Å². The van der Waals surface area contributed by atoms with Crippen LogP contribution in [0.1, 0.15) is 18.4 Å². The molecule has 2 aliphatic heterocycles. The molecule has 1 N–H and O–H groups in total. The van der Waals surface area contributed by atoms with Gasteiger partial charge in [0.05, 0.1) is 6.10 Å². The van der Waals surface area contributed by atoms with Crippen LogP contribution in [-0.4, -0.2) is 38.9 Å². The van der Waals surface area contributed by atoms with Crippen LogP contribution >= 0.6 is 0 Å². The van der Waals surface area contributed by atoms with Gasteiger partial charge < -0.3 is 15.0 Å². The first-order valence-electron chi connectivity index (χ1n) is 7.08. The lowest BCUT2D eigenvalue weighted by Crippen LogP contribution is -2.34. The van der Waals surface area contributed by atoms with Gasteiger partial charge in [-0.05, 0) is 30.9 Å². The predicted octanol–water partition coefficient (Wildman–Crippen LogP) is 1.82. The first-order valence-corrected chi connectivity index (χ1v) is 7.08. The van der Waals surface area contributed by atoms with Gasteiger partial charge in [0.15, 0.2) is 0 Å². The Hall–Kier alpha value is -1.06. The second-order valence-corrected chi connectivity index (χ2v) is 5.20. The van der Waals surface area contributed by atoms with Crippen LogP contribution in [0, 0.1) is 0 Å². The number of nitrogens with zero attached hydrogens (tertiary/aromatic N) is 1. The Bertz CT molecular complexity index is 388. The van der Waals surface area contributed by atoms with Gasteiger partial charge >= 0.3 is 0 Å². The van der Waals surface area contributed by atoms with E-state index < -0.39 is 0 Å². The third kappa shape index (κ3) is 2.68. The fraction of sp³-hybridized carbons (Fsp3) is 0.600. The van der Waals surface area contributed by atoms with E-state index in [0.717, 1.165) is 26.2 Å². The van der Waals surface area contributed by atoms with Crippen LogP contribution in [0.5, 0.6) is 0 Å². The number of anilines is 1. The van der Waals surface area contributed by atoms with E-state index in [4.69, 9.17) is 4.74 Å². The first kappa shape index (κ1) is 12.0. The summed E-state index contributed by atoms with van der Waals surface area (Å²) in [7, 11) is 0.